The van der Waals surface area contributed by atoms with Gasteiger partial charge in [-0.2, -0.15) is 4.31 Å². The van der Waals surface area contributed by atoms with Crippen molar-refractivity contribution in [3.8, 4) is 0 Å². The van der Waals surface area contributed by atoms with Gasteiger partial charge in [0.25, 0.3) is 10.0 Å². The molecule has 0 aromatic carbocycles. The average Bonchev–Trinajstić information content (AvgIpc) is 2.81. The Balaban J connectivity index is 1.90. The Morgan fingerprint density at radius 2 is 2.00 bits per heavy atom. The highest BCUT2D eigenvalue weighted by atomic mass is 32.2. The normalized spacial score (nSPS) is 28.5. The van der Waals surface area contributed by atoms with Gasteiger partial charge in [0.2, 0.25) is 0 Å². The molecule has 2 atom stereocenters. The standard InChI is InChI=1S/C12H19N3O2S2/c1-8-12(18-9(2)13-8)19(16,17)15-6-5-10-3-4-11(7-15)14-10/h10-11,14H,3-7H2,1-2H3. The number of fused-ring (bicyclic) bond motifs is 2. The molecule has 2 unspecified atom stereocenters. The molecule has 2 fully saturated rings. The van der Waals surface area contributed by atoms with Crippen LogP contribution >= 0.6 is 11.3 Å². The number of nitrogens with zero attached hydrogens (tertiary/aromatic N) is 2. The molecular formula is C12H19N3O2S2. The fourth-order valence-corrected chi connectivity index (χ4v) is 6.12. The van der Waals surface area contributed by atoms with E-state index in [1.807, 2.05) is 6.92 Å². The lowest BCUT2D eigenvalue weighted by Crippen LogP contribution is -2.38. The predicted molar refractivity (Wildman–Crippen MR) is 74.9 cm³/mol. The summed E-state index contributed by atoms with van der Waals surface area (Å²) >= 11 is 1.28. The van der Waals surface area contributed by atoms with Gasteiger partial charge in [-0.3, -0.25) is 0 Å². The molecule has 3 rings (SSSR count). The van der Waals surface area contributed by atoms with E-state index in [9.17, 15) is 8.42 Å². The predicted octanol–water partition coefficient (Wildman–Crippen LogP) is 1.27. The number of rotatable bonds is 2. The first-order valence-electron chi connectivity index (χ1n) is 6.67. The Hall–Kier alpha value is -0.500. The lowest BCUT2D eigenvalue weighted by molar-refractivity contribution is 0.384. The van der Waals surface area contributed by atoms with Crippen LogP contribution in [0.5, 0.6) is 0 Å². The van der Waals surface area contributed by atoms with Gasteiger partial charge in [-0.1, -0.05) is 0 Å². The number of thiazole rings is 1. The van der Waals surface area contributed by atoms with Crippen molar-refractivity contribution >= 4 is 21.4 Å². The first-order valence-corrected chi connectivity index (χ1v) is 8.92. The van der Waals surface area contributed by atoms with E-state index in [1.165, 1.54) is 17.8 Å². The zero-order valence-electron chi connectivity index (χ0n) is 11.2. The van der Waals surface area contributed by atoms with Gasteiger partial charge >= 0.3 is 0 Å². The van der Waals surface area contributed by atoms with Crippen LogP contribution in [-0.2, 0) is 10.0 Å². The molecule has 2 aliphatic heterocycles. The van der Waals surface area contributed by atoms with E-state index in [0.717, 1.165) is 17.8 Å². The zero-order chi connectivity index (χ0) is 13.6. The van der Waals surface area contributed by atoms with E-state index in [4.69, 9.17) is 0 Å². The minimum atomic E-state index is -3.37. The Kier molecular flexibility index (Phi) is 3.41. The molecular weight excluding hydrogens is 282 g/mol. The summed E-state index contributed by atoms with van der Waals surface area (Å²) in [4.78, 5) is 4.24. The molecule has 7 heteroatoms. The number of nitrogens with one attached hydrogen (secondary N) is 1. The quantitative estimate of drug-likeness (QED) is 0.894. The zero-order valence-corrected chi connectivity index (χ0v) is 12.9. The van der Waals surface area contributed by atoms with Crippen LogP contribution in [0.4, 0.5) is 0 Å². The molecule has 5 nitrogen and oxygen atoms in total. The summed E-state index contributed by atoms with van der Waals surface area (Å²) in [6, 6.07) is 0.811. The second kappa shape index (κ2) is 4.80. The fraction of sp³-hybridized carbons (Fsp3) is 0.750. The number of sulfonamides is 1. The molecule has 1 aromatic heterocycles. The van der Waals surface area contributed by atoms with E-state index in [2.05, 4.69) is 10.3 Å². The number of hydrogen-bond acceptors (Lipinski definition) is 5. The van der Waals surface area contributed by atoms with Crippen molar-refractivity contribution in [2.45, 2.75) is 49.4 Å². The van der Waals surface area contributed by atoms with E-state index in [-0.39, 0.29) is 0 Å². The Morgan fingerprint density at radius 1 is 1.26 bits per heavy atom. The number of aromatic nitrogens is 1. The lowest BCUT2D eigenvalue weighted by atomic mass is 10.1. The minimum absolute atomic E-state index is 0.316. The van der Waals surface area contributed by atoms with Crippen molar-refractivity contribution < 1.29 is 8.42 Å². The van der Waals surface area contributed by atoms with Gasteiger partial charge in [-0.05, 0) is 33.1 Å². The molecule has 0 radical (unpaired) electrons. The third-order valence-electron chi connectivity index (χ3n) is 3.92. The highest BCUT2D eigenvalue weighted by molar-refractivity contribution is 7.91. The second-order valence-electron chi connectivity index (χ2n) is 5.40. The van der Waals surface area contributed by atoms with Gasteiger partial charge in [0.05, 0.1) is 10.7 Å². The molecule has 3 heterocycles. The first-order chi connectivity index (χ1) is 8.96. The summed E-state index contributed by atoms with van der Waals surface area (Å²) in [6.07, 6.45) is 3.17. The molecule has 0 aliphatic carbocycles. The highest BCUT2D eigenvalue weighted by Crippen LogP contribution is 2.29. The first kappa shape index (κ1) is 13.5. The van der Waals surface area contributed by atoms with E-state index in [0.29, 0.717) is 35.1 Å². The molecule has 106 valence electrons. The Labute approximate surface area is 118 Å². The summed E-state index contributed by atoms with van der Waals surface area (Å²) in [6.45, 7) is 4.84. The summed E-state index contributed by atoms with van der Waals surface area (Å²) in [5.74, 6) is 0. The number of hydrogen-bond donors (Lipinski definition) is 1. The van der Waals surface area contributed by atoms with Crippen molar-refractivity contribution in [3.05, 3.63) is 10.7 Å². The van der Waals surface area contributed by atoms with Crippen molar-refractivity contribution in [1.82, 2.24) is 14.6 Å². The molecule has 19 heavy (non-hydrogen) atoms. The van der Waals surface area contributed by atoms with Crippen LogP contribution in [0, 0.1) is 13.8 Å². The highest BCUT2D eigenvalue weighted by Gasteiger charge is 2.36. The molecule has 2 bridgehead atoms. The van der Waals surface area contributed by atoms with E-state index >= 15 is 0 Å². The van der Waals surface area contributed by atoms with Crippen LogP contribution in [0.25, 0.3) is 0 Å². The van der Waals surface area contributed by atoms with Crippen LogP contribution in [-0.4, -0.2) is 42.9 Å². The van der Waals surface area contributed by atoms with Crippen molar-refractivity contribution in [3.63, 3.8) is 0 Å². The average molecular weight is 301 g/mol. The topological polar surface area (TPSA) is 62.3 Å². The maximum absolute atomic E-state index is 12.7. The van der Waals surface area contributed by atoms with Gasteiger partial charge in [0, 0.05) is 25.2 Å². The largest absolute Gasteiger partial charge is 0.310 e. The lowest BCUT2D eigenvalue weighted by Gasteiger charge is -2.23. The van der Waals surface area contributed by atoms with Crippen LogP contribution < -0.4 is 5.32 Å². The summed E-state index contributed by atoms with van der Waals surface area (Å²) < 4.78 is 27.5. The molecule has 0 amide bonds. The molecule has 0 spiro atoms. The van der Waals surface area contributed by atoms with Gasteiger partial charge in [0.15, 0.2) is 4.21 Å². The van der Waals surface area contributed by atoms with Gasteiger partial charge in [-0.15, -0.1) is 11.3 Å². The SMILES string of the molecule is Cc1nc(C)c(S(=O)(=O)N2CCC3CCC(C2)N3)s1. The smallest absolute Gasteiger partial charge is 0.254 e. The maximum Gasteiger partial charge on any atom is 0.254 e. The monoisotopic (exact) mass is 301 g/mol. The van der Waals surface area contributed by atoms with Crippen molar-refractivity contribution in [2.24, 2.45) is 0 Å². The van der Waals surface area contributed by atoms with Gasteiger partial charge in [0.1, 0.15) is 0 Å². The molecule has 2 aliphatic rings. The molecule has 1 N–H and O–H groups in total. The van der Waals surface area contributed by atoms with E-state index in [1.54, 1.807) is 11.2 Å². The van der Waals surface area contributed by atoms with Crippen LogP contribution in [0.15, 0.2) is 4.21 Å². The minimum Gasteiger partial charge on any atom is -0.310 e. The summed E-state index contributed by atoms with van der Waals surface area (Å²) in [7, 11) is -3.37. The summed E-state index contributed by atoms with van der Waals surface area (Å²) in [5, 5.41) is 4.32. The molecule has 0 saturated carbocycles. The Morgan fingerprint density at radius 3 is 2.68 bits per heavy atom. The number of aryl methyl sites for hydroxylation is 2. The van der Waals surface area contributed by atoms with Crippen LogP contribution in [0.2, 0.25) is 0 Å². The third-order valence-corrected chi connectivity index (χ3v) is 7.45. The van der Waals surface area contributed by atoms with Crippen LogP contribution in [0.3, 0.4) is 0 Å². The van der Waals surface area contributed by atoms with Crippen molar-refractivity contribution in [1.29, 1.82) is 0 Å². The third kappa shape index (κ3) is 2.44. The molecule has 2 saturated heterocycles. The van der Waals surface area contributed by atoms with E-state index < -0.39 is 10.0 Å². The maximum atomic E-state index is 12.7. The summed E-state index contributed by atoms with van der Waals surface area (Å²) in [5.41, 5.74) is 0.630. The van der Waals surface area contributed by atoms with Gasteiger partial charge < -0.3 is 5.32 Å². The second-order valence-corrected chi connectivity index (χ2v) is 8.73. The van der Waals surface area contributed by atoms with Crippen LogP contribution in [0.1, 0.15) is 30.0 Å². The van der Waals surface area contributed by atoms with Crippen molar-refractivity contribution in [2.75, 3.05) is 13.1 Å². The fourth-order valence-electron chi connectivity index (χ4n) is 3.00. The molecule has 1 aromatic rings. The Bertz CT molecular complexity index is 582. The van der Waals surface area contributed by atoms with Gasteiger partial charge in [-0.25, -0.2) is 13.4 Å².